The predicted molar refractivity (Wildman–Crippen MR) is 59.7 cm³/mol. The smallest absolute Gasteiger partial charge is 0.354 e. The first kappa shape index (κ1) is 10.7. The Morgan fingerprint density at radius 3 is 2.69 bits per heavy atom. The molecule has 0 aliphatic carbocycles. The van der Waals surface area contributed by atoms with Crippen LogP contribution in [0.3, 0.4) is 0 Å². The summed E-state index contributed by atoms with van der Waals surface area (Å²) in [6, 6.07) is 9.49. The molecule has 82 valence electrons. The normalized spacial score (nSPS) is 10.3. The van der Waals surface area contributed by atoms with E-state index in [9.17, 15) is 4.79 Å². The monoisotopic (exact) mass is 236 g/mol. The maximum Gasteiger partial charge on any atom is 0.354 e. The maximum absolute atomic E-state index is 10.9. The summed E-state index contributed by atoms with van der Waals surface area (Å²) in [5, 5.41) is 9.12. The lowest BCUT2D eigenvalue weighted by atomic mass is 10.2. The van der Waals surface area contributed by atoms with Crippen LogP contribution in [0.15, 0.2) is 36.5 Å². The molecule has 2 aromatic rings. The van der Waals surface area contributed by atoms with E-state index < -0.39 is 5.97 Å². The summed E-state index contributed by atoms with van der Waals surface area (Å²) in [6.07, 6.45) is 1.26. The molecule has 1 heterocycles. The second-order valence-corrected chi connectivity index (χ2v) is 3.63. The quantitative estimate of drug-likeness (QED) is 0.890. The molecule has 0 fully saturated rings. The van der Waals surface area contributed by atoms with Crippen molar-refractivity contribution >= 4 is 17.6 Å². The number of carbonyl (C=O) groups is 1. The highest BCUT2D eigenvalue weighted by atomic mass is 35.5. The Kier molecular flexibility index (Phi) is 2.92. The number of rotatable bonds is 3. The fourth-order valence-electron chi connectivity index (χ4n) is 1.44. The van der Waals surface area contributed by atoms with Crippen molar-refractivity contribution in [1.82, 2.24) is 9.55 Å². The van der Waals surface area contributed by atoms with Crippen molar-refractivity contribution in [2.75, 3.05) is 0 Å². The fraction of sp³-hybridized carbons (Fsp3) is 0.0909. The van der Waals surface area contributed by atoms with Gasteiger partial charge in [-0.15, -0.1) is 0 Å². The molecule has 1 aromatic heterocycles. The molecule has 4 nitrogen and oxygen atoms in total. The average Bonchev–Trinajstić information content (AvgIpc) is 2.62. The van der Waals surface area contributed by atoms with Crippen LogP contribution in [0.25, 0.3) is 0 Å². The Hall–Kier alpha value is -1.81. The van der Waals surface area contributed by atoms with E-state index >= 15 is 0 Å². The highest BCUT2D eigenvalue weighted by Gasteiger charge is 2.14. The first-order valence-electron chi connectivity index (χ1n) is 4.66. The van der Waals surface area contributed by atoms with Crippen LogP contribution in [-0.4, -0.2) is 20.6 Å². The molecule has 0 aliphatic heterocycles. The van der Waals surface area contributed by atoms with E-state index in [2.05, 4.69) is 4.98 Å². The standard InChI is InChI=1S/C11H9ClN2O2/c12-11-13-6-9(10(15)16)14(11)7-8-4-2-1-3-5-8/h1-6H,7H2,(H,15,16). The molecule has 0 saturated carbocycles. The number of hydrogen-bond acceptors (Lipinski definition) is 2. The van der Waals surface area contributed by atoms with Gasteiger partial charge in [0.25, 0.3) is 0 Å². The molecule has 0 saturated heterocycles. The zero-order valence-electron chi connectivity index (χ0n) is 8.30. The van der Waals surface area contributed by atoms with Crippen molar-refractivity contribution in [3.05, 3.63) is 53.1 Å². The molecular formula is C11H9ClN2O2. The zero-order chi connectivity index (χ0) is 11.5. The number of imidazole rings is 1. The van der Waals surface area contributed by atoms with E-state index in [1.54, 1.807) is 0 Å². The van der Waals surface area contributed by atoms with Gasteiger partial charge >= 0.3 is 5.97 Å². The number of benzene rings is 1. The second kappa shape index (κ2) is 4.37. The van der Waals surface area contributed by atoms with Crippen LogP contribution >= 0.6 is 11.6 Å². The van der Waals surface area contributed by atoms with Crippen LogP contribution in [0, 0.1) is 0 Å². The molecule has 0 amide bonds. The Morgan fingerprint density at radius 1 is 1.38 bits per heavy atom. The first-order valence-corrected chi connectivity index (χ1v) is 5.04. The molecule has 0 atom stereocenters. The third-order valence-electron chi connectivity index (χ3n) is 2.21. The van der Waals surface area contributed by atoms with E-state index in [4.69, 9.17) is 16.7 Å². The molecule has 1 aromatic carbocycles. The SMILES string of the molecule is O=C(O)c1cnc(Cl)n1Cc1ccccc1. The van der Waals surface area contributed by atoms with Crippen molar-refractivity contribution < 1.29 is 9.90 Å². The maximum atomic E-state index is 10.9. The van der Waals surface area contributed by atoms with E-state index in [0.29, 0.717) is 6.54 Å². The third kappa shape index (κ3) is 2.06. The van der Waals surface area contributed by atoms with Crippen LogP contribution in [0.1, 0.15) is 16.1 Å². The van der Waals surface area contributed by atoms with Gasteiger partial charge in [0.2, 0.25) is 5.28 Å². The molecule has 5 heteroatoms. The van der Waals surface area contributed by atoms with Gasteiger partial charge in [-0.05, 0) is 17.2 Å². The van der Waals surface area contributed by atoms with Crippen LogP contribution in [0.5, 0.6) is 0 Å². The number of hydrogen-bond donors (Lipinski definition) is 1. The number of carboxylic acid groups (broad SMARTS) is 1. The van der Waals surface area contributed by atoms with Gasteiger partial charge in [-0.25, -0.2) is 9.78 Å². The zero-order valence-corrected chi connectivity index (χ0v) is 9.05. The van der Waals surface area contributed by atoms with Gasteiger partial charge in [-0.1, -0.05) is 30.3 Å². The van der Waals surface area contributed by atoms with Gasteiger partial charge in [0.15, 0.2) is 0 Å². The van der Waals surface area contributed by atoms with E-state index in [1.807, 2.05) is 30.3 Å². The number of carboxylic acids is 1. The Bertz CT molecular complexity index is 508. The van der Waals surface area contributed by atoms with E-state index in [-0.39, 0.29) is 11.0 Å². The summed E-state index contributed by atoms with van der Waals surface area (Å²) in [6.45, 7) is 0.404. The number of aromatic carboxylic acids is 1. The average molecular weight is 237 g/mol. The van der Waals surface area contributed by atoms with Gasteiger partial charge in [-0.3, -0.25) is 0 Å². The highest BCUT2D eigenvalue weighted by molar-refractivity contribution is 6.28. The molecular weight excluding hydrogens is 228 g/mol. The minimum atomic E-state index is -1.03. The van der Waals surface area contributed by atoms with Crippen molar-refractivity contribution in [1.29, 1.82) is 0 Å². The van der Waals surface area contributed by atoms with Gasteiger partial charge in [-0.2, -0.15) is 0 Å². The minimum Gasteiger partial charge on any atom is -0.477 e. The molecule has 2 rings (SSSR count). The fourth-order valence-corrected chi connectivity index (χ4v) is 1.64. The topological polar surface area (TPSA) is 55.1 Å². The van der Waals surface area contributed by atoms with Crippen LogP contribution in [-0.2, 0) is 6.54 Å². The number of halogens is 1. The molecule has 16 heavy (non-hydrogen) atoms. The van der Waals surface area contributed by atoms with E-state index in [0.717, 1.165) is 5.56 Å². The van der Waals surface area contributed by atoms with Gasteiger partial charge < -0.3 is 9.67 Å². The first-order chi connectivity index (χ1) is 7.68. The molecule has 0 aliphatic rings. The summed E-state index contributed by atoms with van der Waals surface area (Å²) in [7, 11) is 0. The summed E-state index contributed by atoms with van der Waals surface area (Å²) >= 11 is 5.83. The third-order valence-corrected chi connectivity index (χ3v) is 2.51. The summed E-state index contributed by atoms with van der Waals surface area (Å²) in [5.41, 5.74) is 1.07. The Balaban J connectivity index is 2.34. The van der Waals surface area contributed by atoms with Gasteiger partial charge in [0.1, 0.15) is 5.69 Å². The molecule has 0 spiro atoms. The highest BCUT2D eigenvalue weighted by Crippen LogP contribution is 2.14. The van der Waals surface area contributed by atoms with E-state index in [1.165, 1.54) is 10.8 Å². The largest absolute Gasteiger partial charge is 0.477 e. The second-order valence-electron chi connectivity index (χ2n) is 3.29. The van der Waals surface area contributed by atoms with Crippen molar-refractivity contribution in [2.45, 2.75) is 6.54 Å². The van der Waals surface area contributed by atoms with Crippen molar-refractivity contribution in [3.63, 3.8) is 0 Å². The number of aromatic nitrogens is 2. The predicted octanol–water partition coefficient (Wildman–Crippen LogP) is 2.28. The molecule has 0 unspecified atom stereocenters. The Labute approximate surface area is 97.1 Å². The Morgan fingerprint density at radius 2 is 2.06 bits per heavy atom. The van der Waals surface area contributed by atoms with Crippen LogP contribution in [0.4, 0.5) is 0 Å². The molecule has 0 bridgehead atoms. The van der Waals surface area contributed by atoms with Crippen LogP contribution in [0.2, 0.25) is 5.28 Å². The van der Waals surface area contributed by atoms with Gasteiger partial charge in [0, 0.05) is 0 Å². The molecule has 1 N–H and O–H groups in total. The summed E-state index contributed by atoms with van der Waals surface area (Å²) in [4.78, 5) is 14.7. The lowest BCUT2D eigenvalue weighted by Crippen LogP contribution is -2.09. The summed E-state index contributed by atoms with van der Waals surface area (Å²) < 4.78 is 1.46. The van der Waals surface area contributed by atoms with Crippen LogP contribution < -0.4 is 0 Å². The minimum absolute atomic E-state index is 0.0915. The van der Waals surface area contributed by atoms with Crippen molar-refractivity contribution in [3.8, 4) is 0 Å². The van der Waals surface area contributed by atoms with Crippen molar-refractivity contribution in [2.24, 2.45) is 0 Å². The lowest BCUT2D eigenvalue weighted by molar-refractivity contribution is 0.0685. The number of nitrogens with zero attached hydrogens (tertiary/aromatic N) is 2. The van der Waals surface area contributed by atoms with Gasteiger partial charge in [0.05, 0.1) is 12.7 Å². The lowest BCUT2D eigenvalue weighted by Gasteiger charge is -2.06. The molecule has 0 radical (unpaired) electrons. The summed E-state index contributed by atoms with van der Waals surface area (Å²) in [5.74, 6) is -1.03.